The second kappa shape index (κ2) is 4.02. The Morgan fingerprint density at radius 3 is 2.31 bits per heavy atom. The van der Waals surface area contributed by atoms with Crippen molar-refractivity contribution >= 4 is 5.97 Å². The number of aliphatic hydroxyl groups excluding tert-OH is 1. The van der Waals surface area contributed by atoms with Crippen molar-refractivity contribution in [3.63, 3.8) is 0 Å². The van der Waals surface area contributed by atoms with E-state index in [1.54, 1.807) is 24.3 Å². The number of nitrogens with two attached hydrogens (primary N) is 1. The highest BCUT2D eigenvalue weighted by Gasteiger charge is 2.13. The molecule has 0 bridgehead atoms. The average Bonchev–Trinajstić information content (AvgIpc) is 2.17. The van der Waals surface area contributed by atoms with E-state index in [-0.39, 0.29) is 6.61 Å². The van der Waals surface area contributed by atoms with Gasteiger partial charge in [-0.2, -0.15) is 0 Å². The van der Waals surface area contributed by atoms with Gasteiger partial charge >= 0.3 is 5.97 Å². The summed E-state index contributed by atoms with van der Waals surface area (Å²) < 4.78 is 0. The van der Waals surface area contributed by atoms with Crippen LogP contribution in [-0.2, 0) is 11.4 Å². The summed E-state index contributed by atoms with van der Waals surface area (Å²) in [5.74, 6) is -1.06. The van der Waals surface area contributed by atoms with Crippen LogP contribution >= 0.6 is 0 Å². The summed E-state index contributed by atoms with van der Waals surface area (Å²) in [6.45, 7) is -0.0530. The SMILES string of the molecule is N[C@H](C(=O)O)c1ccc(CO)cc1. The first kappa shape index (κ1) is 9.70. The Kier molecular flexibility index (Phi) is 3.00. The summed E-state index contributed by atoms with van der Waals surface area (Å²) in [7, 11) is 0. The van der Waals surface area contributed by atoms with Gasteiger partial charge in [-0.15, -0.1) is 0 Å². The number of carboxylic acids is 1. The first-order valence-corrected chi connectivity index (χ1v) is 3.83. The minimum Gasteiger partial charge on any atom is -0.480 e. The molecule has 4 nitrogen and oxygen atoms in total. The van der Waals surface area contributed by atoms with Gasteiger partial charge in [0.05, 0.1) is 6.61 Å². The smallest absolute Gasteiger partial charge is 0.325 e. The first-order valence-electron chi connectivity index (χ1n) is 3.83. The average molecular weight is 181 g/mol. The predicted molar refractivity (Wildman–Crippen MR) is 46.9 cm³/mol. The van der Waals surface area contributed by atoms with Crippen LogP contribution in [0.4, 0.5) is 0 Å². The number of aliphatic hydroxyl groups is 1. The summed E-state index contributed by atoms with van der Waals surface area (Å²) in [5, 5.41) is 17.3. The maximum atomic E-state index is 10.5. The minimum absolute atomic E-state index is 0.0530. The highest BCUT2D eigenvalue weighted by molar-refractivity contribution is 5.75. The standard InChI is InChI=1S/C9H11NO3/c10-8(9(12)13)7-3-1-6(5-11)2-4-7/h1-4,8,11H,5,10H2,(H,12,13)/t8-/m0/s1. The van der Waals surface area contributed by atoms with Crippen molar-refractivity contribution in [2.45, 2.75) is 12.6 Å². The van der Waals surface area contributed by atoms with Crippen LogP contribution in [0.1, 0.15) is 17.2 Å². The topological polar surface area (TPSA) is 83.6 Å². The lowest BCUT2D eigenvalue weighted by Gasteiger charge is -2.06. The lowest BCUT2D eigenvalue weighted by atomic mass is 10.1. The van der Waals surface area contributed by atoms with E-state index in [0.717, 1.165) is 5.56 Å². The molecule has 4 heteroatoms. The van der Waals surface area contributed by atoms with Crippen LogP contribution in [0.15, 0.2) is 24.3 Å². The fourth-order valence-corrected chi connectivity index (χ4v) is 0.973. The zero-order valence-electron chi connectivity index (χ0n) is 6.97. The molecule has 0 saturated carbocycles. The Morgan fingerprint density at radius 1 is 1.38 bits per heavy atom. The zero-order chi connectivity index (χ0) is 9.84. The van der Waals surface area contributed by atoms with Crippen molar-refractivity contribution in [1.82, 2.24) is 0 Å². The summed E-state index contributed by atoms with van der Waals surface area (Å²) in [6, 6.07) is 5.51. The minimum atomic E-state index is -1.06. The van der Waals surface area contributed by atoms with Crippen LogP contribution in [-0.4, -0.2) is 16.2 Å². The first-order chi connectivity index (χ1) is 6.15. The van der Waals surface area contributed by atoms with Crippen molar-refractivity contribution in [3.8, 4) is 0 Å². The summed E-state index contributed by atoms with van der Waals surface area (Å²) in [5.41, 5.74) is 6.64. The fourth-order valence-electron chi connectivity index (χ4n) is 0.973. The van der Waals surface area contributed by atoms with Crippen LogP contribution in [0.25, 0.3) is 0 Å². The van der Waals surface area contributed by atoms with E-state index in [0.29, 0.717) is 5.56 Å². The summed E-state index contributed by atoms with van der Waals surface area (Å²) >= 11 is 0. The van der Waals surface area contributed by atoms with E-state index in [9.17, 15) is 4.79 Å². The largest absolute Gasteiger partial charge is 0.480 e. The second-order valence-corrected chi connectivity index (χ2v) is 2.72. The number of hydrogen-bond donors (Lipinski definition) is 3. The molecule has 0 amide bonds. The Balaban J connectivity index is 2.85. The summed E-state index contributed by atoms with van der Waals surface area (Å²) in [4.78, 5) is 10.5. The molecule has 13 heavy (non-hydrogen) atoms. The van der Waals surface area contributed by atoms with Gasteiger partial charge in [0, 0.05) is 0 Å². The van der Waals surface area contributed by atoms with Gasteiger partial charge in [-0.3, -0.25) is 4.79 Å². The number of rotatable bonds is 3. The Labute approximate surface area is 75.6 Å². The van der Waals surface area contributed by atoms with E-state index in [1.807, 2.05) is 0 Å². The van der Waals surface area contributed by atoms with Crippen molar-refractivity contribution < 1.29 is 15.0 Å². The highest BCUT2D eigenvalue weighted by atomic mass is 16.4. The molecule has 0 aliphatic rings. The van der Waals surface area contributed by atoms with Gasteiger partial charge in [-0.1, -0.05) is 24.3 Å². The quantitative estimate of drug-likeness (QED) is 0.624. The molecule has 0 saturated heterocycles. The molecule has 0 aromatic heterocycles. The number of benzene rings is 1. The Morgan fingerprint density at radius 2 is 1.92 bits per heavy atom. The van der Waals surface area contributed by atoms with Gasteiger partial charge in [0.2, 0.25) is 0 Å². The van der Waals surface area contributed by atoms with Crippen LogP contribution in [0.3, 0.4) is 0 Å². The van der Waals surface area contributed by atoms with E-state index in [4.69, 9.17) is 15.9 Å². The Hall–Kier alpha value is -1.39. The van der Waals surface area contributed by atoms with E-state index in [2.05, 4.69) is 0 Å². The lowest BCUT2D eigenvalue weighted by Crippen LogP contribution is -2.20. The molecular weight excluding hydrogens is 170 g/mol. The third-order valence-electron chi connectivity index (χ3n) is 1.79. The van der Waals surface area contributed by atoms with Gasteiger partial charge < -0.3 is 15.9 Å². The van der Waals surface area contributed by atoms with Crippen molar-refractivity contribution in [2.24, 2.45) is 5.73 Å². The zero-order valence-corrected chi connectivity index (χ0v) is 6.97. The van der Waals surface area contributed by atoms with Gasteiger partial charge in [0.25, 0.3) is 0 Å². The molecule has 1 aromatic rings. The molecule has 70 valence electrons. The van der Waals surface area contributed by atoms with Gasteiger partial charge in [0.15, 0.2) is 0 Å². The number of aliphatic carboxylic acids is 1. The summed E-state index contributed by atoms with van der Waals surface area (Å²) in [6.07, 6.45) is 0. The van der Waals surface area contributed by atoms with Gasteiger partial charge in [-0.25, -0.2) is 0 Å². The van der Waals surface area contributed by atoms with E-state index < -0.39 is 12.0 Å². The third-order valence-corrected chi connectivity index (χ3v) is 1.79. The van der Waals surface area contributed by atoms with Gasteiger partial charge in [-0.05, 0) is 11.1 Å². The normalized spacial score (nSPS) is 12.5. The number of carbonyl (C=O) groups is 1. The highest BCUT2D eigenvalue weighted by Crippen LogP contribution is 2.11. The van der Waals surface area contributed by atoms with Crippen LogP contribution in [0.2, 0.25) is 0 Å². The lowest BCUT2D eigenvalue weighted by molar-refractivity contribution is -0.138. The predicted octanol–water partition coefficient (Wildman–Crippen LogP) is 0.263. The molecule has 0 spiro atoms. The van der Waals surface area contributed by atoms with Crippen LogP contribution < -0.4 is 5.73 Å². The molecule has 0 radical (unpaired) electrons. The molecule has 0 heterocycles. The number of carboxylic acid groups (broad SMARTS) is 1. The second-order valence-electron chi connectivity index (χ2n) is 2.72. The number of hydrogen-bond acceptors (Lipinski definition) is 3. The fraction of sp³-hybridized carbons (Fsp3) is 0.222. The van der Waals surface area contributed by atoms with E-state index >= 15 is 0 Å². The molecule has 0 fully saturated rings. The molecule has 1 atom stereocenters. The monoisotopic (exact) mass is 181 g/mol. The van der Waals surface area contributed by atoms with Gasteiger partial charge in [0.1, 0.15) is 6.04 Å². The maximum absolute atomic E-state index is 10.5. The van der Waals surface area contributed by atoms with Crippen molar-refractivity contribution in [2.75, 3.05) is 0 Å². The Bertz CT molecular complexity index is 294. The van der Waals surface area contributed by atoms with Crippen molar-refractivity contribution in [3.05, 3.63) is 35.4 Å². The van der Waals surface area contributed by atoms with Crippen LogP contribution in [0, 0.1) is 0 Å². The molecule has 1 aromatic carbocycles. The molecule has 1 rings (SSSR count). The molecule has 0 unspecified atom stereocenters. The molecule has 4 N–H and O–H groups in total. The molecule has 0 aliphatic carbocycles. The van der Waals surface area contributed by atoms with Crippen molar-refractivity contribution in [1.29, 1.82) is 0 Å². The molecular formula is C9H11NO3. The maximum Gasteiger partial charge on any atom is 0.325 e. The van der Waals surface area contributed by atoms with E-state index in [1.165, 1.54) is 0 Å². The molecule has 0 aliphatic heterocycles. The van der Waals surface area contributed by atoms with Crippen LogP contribution in [0.5, 0.6) is 0 Å². The third kappa shape index (κ3) is 2.27.